The van der Waals surface area contributed by atoms with Crippen LogP contribution < -0.4 is 0 Å². The number of rotatable bonds is 3. The van der Waals surface area contributed by atoms with E-state index in [9.17, 15) is 4.79 Å². The molecule has 0 aliphatic carbocycles. The zero-order valence-corrected chi connectivity index (χ0v) is 11.7. The number of hydrogen-bond acceptors (Lipinski definition) is 3. The molecule has 0 saturated carbocycles. The second-order valence-corrected chi connectivity index (χ2v) is 5.80. The molecule has 0 aromatic carbocycles. The standard InChI is InChI=1S/C14H25NO3/c1-14(2,3)18-13(17)15-9-7-12(8-10-15)6-4-5-11-16/h4-5,12,16H,6-11H2,1-3H3. The monoisotopic (exact) mass is 255 g/mol. The third-order valence-corrected chi connectivity index (χ3v) is 3.01. The van der Waals surface area contributed by atoms with Gasteiger partial charge >= 0.3 is 6.09 Å². The fraction of sp³-hybridized carbons (Fsp3) is 0.786. The lowest BCUT2D eigenvalue weighted by Crippen LogP contribution is -2.41. The van der Waals surface area contributed by atoms with Gasteiger partial charge in [0.15, 0.2) is 0 Å². The van der Waals surface area contributed by atoms with Crippen molar-refractivity contribution >= 4 is 6.09 Å². The Morgan fingerprint density at radius 3 is 2.44 bits per heavy atom. The Kier molecular flexibility index (Phi) is 5.66. The number of piperidine rings is 1. The second kappa shape index (κ2) is 6.78. The Morgan fingerprint density at radius 2 is 1.94 bits per heavy atom. The van der Waals surface area contributed by atoms with Crippen LogP contribution in [0.3, 0.4) is 0 Å². The molecule has 4 heteroatoms. The zero-order valence-electron chi connectivity index (χ0n) is 11.7. The minimum atomic E-state index is -0.419. The first-order valence-electron chi connectivity index (χ1n) is 6.66. The van der Waals surface area contributed by atoms with Gasteiger partial charge in [0.25, 0.3) is 0 Å². The van der Waals surface area contributed by atoms with Crippen LogP contribution in [0.25, 0.3) is 0 Å². The number of carbonyl (C=O) groups is 1. The van der Waals surface area contributed by atoms with Crippen molar-refractivity contribution in [2.75, 3.05) is 19.7 Å². The Hall–Kier alpha value is -1.03. The average molecular weight is 255 g/mol. The molecule has 1 amide bonds. The number of likely N-dealkylation sites (tertiary alicyclic amines) is 1. The predicted octanol–water partition coefficient (Wildman–Crippen LogP) is 2.57. The lowest BCUT2D eigenvalue weighted by molar-refractivity contribution is 0.0185. The van der Waals surface area contributed by atoms with Gasteiger partial charge in [-0.05, 0) is 46.0 Å². The number of ether oxygens (including phenoxy) is 1. The molecule has 0 bridgehead atoms. The van der Waals surface area contributed by atoms with Crippen LogP contribution in [-0.4, -0.2) is 41.4 Å². The topological polar surface area (TPSA) is 49.8 Å². The molecule has 1 saturated heterocycles. The predicted molar refractivity (Wildman–Crippen MR) is 71.4 cm³/mol. The van der Waals surface area contributed by atoms with E-state index in [1.54, 1.807) is 11.0 Å². The number of amides is 1. The maximum atomic E-state index is 11.8. The Bertz CT molecular complexity index is 286. The van der Waals surface area contributed by atoms with Crippen LogP contribution in [0.5, 0.6) is 0 Å². The minimum Gasteiger partial charge on any atom is -0.444 e. The van der Waals surface area contributed by atoms with Crippen molar-refractivity contribution in [3.63, 3.8) is 0 Å². The first kappa shape index (κ1) is 15.0. The summed E-state index contributed by atoms with van der Waals surface area (Å²) >= 11 is 0. The van der Waals surface area contributed by atoms with Gasteiger partial charge in [-0.3, -0.25) is 0 Å². The highest BCUT2D eigenvalue weighted by atomic mass is 16.6. The summed E-state index contributed by atoms with van der Waals surface area (Å²) in [5.41, 5.74) is -0.419. The van der Waals surface area contributed by atoms with E-state index in [1.165, 1.54) is 0 Å². The van der Waals surface area contributed by atoms with E-state index in [-0.39, 0.29) is 12.7 Å². The van der Waals surface area contributed by atoms with Crippen molar-refractivity contribution in [2.24, 2.45) is 5.92 Å². The lowest BCUT2D eigenvalue weighted by atomic mass is 9.93. The largest absolute Gasteiger partial charge is 0.444 e. The van der Waals surface area contributed by atoms with Crippen LogP contribution >= 0.6 is 0 Å². The van der Waals surface area contributed by atoms with Gasteiger partial charge < -0.3 is 14.7 Å². The third kappa shape index (κ3) is 5.54. The van der Waals surface area contributed by atoms with Crippen LogP contribution in [0.15, 0.2) is 12.2 Å². The van der Waals surface area contributed by atoms with Gasteiger partial charge in [0.05, 0.1) is 6.61 Å². The molecule has 4 nitrogen and oxygen atoms in total. The molecule has 1 aliphatic rings. The quantitative estimate of drug-likeness (QED) is 0.789. The maximum Gasteiger partial charge on any atom is 0.410 e. The van der Waals surface area contributed by atoms with Gasteiger partial charge in [0.1, 0.15) is 5.60 Å². The van der Waals surface area contributed by atoms with Crippen molar-refractivity contribution in [1.29, 1.82) is 0 Å². The van der Waals surface area contributed by atoms with Gasteiger partial charge in [-0.15, -0.1) is 0 Å². The highest BCUT2D eigenvalue weighted by Crippen LogP contribution is 2.22. The number of carbonyl (C=O) groups excluding carboxylic acids is 1. The molecule has 0 aromatic heterocycles. The first-order chi connectivity index (χ1) is 8.42. The fourth-order valence-electron chi connectivity index (χ4n) is 2.04. The molecular formula is C14H25NO3. The SMILES string of the molecule is CC(C)(C)OC(=O)N1CCC(CC=CCO)CC1. The molecule has 1 aliphatic heterocycles. The minimum absolute atomic E-state index is 0.108. The molecule has 0 atom stereocenters. The summed E-state index contributed by atoms with van der Waals surface area (Å²) in [6.45, 7) is 7.31. The van der Waals surface area contributed by atoms with Gasteiger partial charge in [-0.25, -0.2) is 4.79 Å². The second-order valence-electron chi connectivity index (χ2n) is 5.80. The summed E-state index contributed by atoms with van der Waals surface area (Å²) in [6, 6.07) is 0. The first-order valence-corrected chi connectivity index (χ1v) is 6.66. The Morgan fingerprint density at radius 1 is 1.33 bits per heavy atom. The molecule has 0 unspecified atom stereocenters. The highest BCUT2D eigenvalue weighted by Gasteiger charge is 2.26. The third-order valence-electron chi connectivity index (χ3n) is 3.01. The van der Waals surface area contributed by atoms with E-state index in [0.29, 0.717) is 5.92 Å². The van der Waals surface area contributed by atoms with Crippen LogP contribution in [0.4, 0.5) is 4.79 Å². The van der Waals surface area contributed by atoms with E-state index in [2.05, 4.69) is 0 Å². The summed E-state index contributed by atoms with van der Waals surface area (Å²) in [4.78, 5) is 13.6. The van der Waals surface area contributed by atoms with Crippen LogP contribution in [-0.2, 0) is 4.74 Å². The zero-order chi connectivity index (χ0) is 13.6. The normalized spacial score (nSPS) is 18.3. The van der Waals surface area contributed by atoms with E-state index < -0.39 is 5.60 Å². The summed E-state index contributed by atoms with van der Waals surface area (Å²) in [6.07, 6.45) is 6.60. The molecule has 18 heavy (non-hydrogen) atoms. The van der Waals surface area contributed by atoms with E-state index in [1.807, 2.05) is 26.8 Å². The van der Waals surface area contributed by atoms with Crippen LogP contribution in [0.2, 0.25) is 0 Å². The molecule has 1 N–H and O–H groups in total. The molecule has 1 rings (SSSR count). The van der Waals surface area contributed by atoms with Crippen LogP contribution in [0, 0.1) is 5.92 Å². The van der Waals surface area contributed by atoms with Gasteiger partial charge in [0, 0.05) is 13.1 Å². The van der Waals surface area contributed by atoms with Crippen molar-refractivity contribution in [2.45, 2.75) is 45.6 Å². The lowest BCUT2D eigenvalue weighted by Gasteiger charge is -2.33. The van der Waals surface area contributed by atoms with E-state index >= 15 is 0 Å². The van der Waals surface area contributed by atoms with E-state index in [0.717, 1.165) is 32.4 Å². The molecule has 0 radical (unpaired) electrons. The van der Waals surface area contributed by atoms with Crippen LogP contribution in [0.1, 0.15) is 40.0 Å². The van der Waals surface area contributed by atoms with Crippen molar-refractivity contribution in [3.05, 3.63) is 12.2 Å². The summed E-state index contributed by atoms with van der Waals surface area (Å²) in [5, 5.41) is 8.66. The smallest absolute Gasteiger partial charge is 0.410 e. The highest BCUT2D eigenvalue weighted by molar-refractivity contribution is 5.68. The number of aliphatic hydroxyl groups is 1. The molecule has 0 spiro atoms. The fourth-order valence-corrected chi connectivity index (χ4v) is 2.04. The van der Waals surface area contributed by atoms with Crippen molar-refractivity contribution in [1.82, 2.24) is 4.90 Å². The van der Waals surface area contributed by atoms with E-state index in [4.69, 9.17) is 9.84 Å². The summed E-state index contributed by atoms with van der Waals surface area (Å²) in [5.74, 6) is 0.617. The molecule has 104 valence electrons. The van der Waals surface area contributed by atoms with Gasteiger partial charge in [-0.2, -0.15) is 0 Å². The van der Waals surface area contributed by atoms with Gasteiger partial charge in [-0.1, -0.05) is 12.2 Å². The maximum absolute atomic E-state index is 11.8. The molecular weight excluding hydrogens is 230 g/mol. The van der Waals surface area contributed by atoms with Crippen molar-refractivity contribution in [3.8, 4) is 0 Å². The molecule has 0 aromatic rings. The molecule has 1 fully saturated rings. The number of aliphatic hydroxyl groups excluding tert-OH is 1. The summed E-state index contributed by atoms with van der Waals surface area (Å²) in [7, 11) is 0. The average Bonchev–Trinajstić information content (AvgIpc) is 2.28. The Balaban J connectivity index is 2.30. The Labute approximate surface area is 110 Å². The number of allylic oxidation sites excluding steroid dienone is 1. The number of nitrogens with zero attached hydrogens (tertiary/aromatic N) is 1. The molecule has 1 heterocycles. The van der Waals surface area contributed by atoms with Crippen molar-refractivity contribution < 1.29 is 14.6 Å². The summed E-state index contributed by atoms with van der Waals surface area (Å²) < 4.78 is 5.35. The van der Waals surface area contributed by atoms with Gasteiger partial charge in [0.2, 0.25) is 0 Å². The number of hydrogen-bond donors (Lipinski definition) is 1.